The molecule has 0 aliphatic carbocycles. The van der Waals surface area contributed by atoms with Gasteiger partial charge in [-0.1, -0.05) is 42.5 Å². The van der Waals surface area contributed by atoms with Crippen LogP contribution in [0.2, 0.25) is 0 Å². The monoisotopic (exact) mass is 354 g/mol. The van der Waals surface area contributed by atoms with E-state index in [0.29, 0.717) is 13.1 Å². The zero-order chi connectivity index (χ0) is 18.9. The Morgan fingerprint density at radius 3 is 2.27 bits per heavy atom. The highest BCUT2D eigenvalue weighted by atomic mass is 16.5. The minimum Gasteiger partial charge on any atom is -0.497 e. The molecule has 0 aliphatic rings. The lowest BCUT2D eigenvalue weighted by atomic mass is 10.1. The number of benzene rings is 2. The molecule has 0 unspecified atom stereocenters. The molecule has 1 atom stereocenters. The van der Waals surface area contributed by atoms with E-state index in [1.165, 1.54) is 0 Å². The van der Waals surface area contributed by atoms with Crippen LogP contribution in [0.5, 0.6) is 5.75 Å². The third kappa shape index (κ3) is 5.34. The van der Waals surface area contributed by atoms with Crippen LogP contribution in [0.3, 0.4) is 0 Å². The lowest BCUT2D eigenvalue weighted by molar-refractivity contribution is -0.140. The number of carbonyl (C=O) groups is 2. The molecule has 0 saturated carbocycles. The Labute approximate surface area is 155 Å². The first-order chi connectivity index (χ1) is 12.5. The van der Waals surface area contributed by atoms with E-state index < -0.39 is 6.04 Å². The van der Waals surface area contributed by atoms with E-state index in [9.17, 15) is 9.59 Å². The van der Waals surface area contributed by atoms with Gasteiger partial charge in [-0.15, -0.1) is 0 Å². The molecule has 0 spiro atoms. The number of ether oxygens (including phenoxy) is 1. The normalized spacial score (nSPS) is 11.5. The first-order valence-corrected chi connectivity index (χ1v) is 8.79. The van der Waals surface area contributed by atoms with Crippen LogP contribution in [0.1, 0.15) is 25.0 Å². The van der Waals surface area contributed by atoms with Crippen molar-refractivity contribution < 1.29 is 14.3 Å². The molecule has 26 heavy (non-hydrogen) atoms. The molecular weight excluding hydrogens is 328 g/mol. The molecule has 1 N–H and O–H groups in total. The fourth-order valence-corrected chi connectivity index (χ4v) is 2.70. The minimum absolute atomic E-state index is 0.0780. The maximum absolute atomic E-state index is 12.9. The van der Waals surface area contributed by atoms with Crippen LogP contribution in [-0.4, -0.2) is 36.4 Å². The maximum Gasteiger partial charge on any atom is 0.242 e. The number of nitrogens with one attached hydrogen (secondary N) is 1. The highest BCUT2D eigenvalue weighted by Gasteiger charge is 2.25. The summed E-state index contributed by atoms with van der Waals surface area (Å²) in [6, 6.07) is 16.5. The molecule has 5 heteroatoms. The Morgan fingerprint density at radius 2 is 1.69 bits per heavy atom. The van der Waals surface area contributed by atoms with E-state index in [-0.39, 0.29) is 18.2 Å². The molecule has 2 aromatic rings. The molecule has 0 aromatic heterocycles. The van der Waals surface area contributed by atoms with Crippen molar-refractivity contribution in [3.63, 3.8) is 0 Å². The molecule has 2 amide bonds. The Bertz CT molecular complexity index is 714. The fourth-order valence-electron chi connectivity index (χ4n) is 2.70. The molecule has 0 bridgehead atoms. The summed E-state index contributed by atoms with van der Waals surface area (Å²) in [5, 5.41) is 2.80. The van der Waals surface area contributed by atoms with E-state index >= 15 is 0 Å². The smallest absolute Gasteiger partial charge is 0.242 e. The third-order valence-electron chi connectivity index (χ3n) is 4.23. The van der Waals surface area contributed by atoms with Gasteiger partial charge < -0.3 is 15.0 Å². The molecule has 138 valence electrons. The number of rotatable bonds is 8. The van der Waals surface area contributed by atoms with Crippen molar-refractivity contribution in [1.29, 1.82) is 0 Å². The van der Waals surface area contributed by atoms with Crippen molar-refractivity contribution in [2.24, 2.45) is 0 Å². The summed E-state index contributed by atoms with van der Waals surface area (Å²) in [7, 11) is 1.61. The van der Waals surface area contributed by atoms with Crippen molar-refractivity contribution in [2.75, 3.05) is 13.7 Å². The molecular formula is C21H26N2O3. The van der Waals surface area contributed by atoms with E-state index in [2.05, 4.69) is 5.32 Å². The number of likely N-dealkylation sites (N-methyl/N-ethyl adjacent to an activating group) is 1. The minimum atomic E-state index is -0.548. The molecule has 2 rings (SSSR count). The maximum atomic E-state index is 12.9. The van der Waals surface area contributed by atoms with Crippen LogP contribution in [0.4, 0.5) is 0 Å². The molecule has 0 aliphatic heterocycles. The average Bonchev–Trinajstić information content (AvgIpc) is 2.67. The van der Waals surface area contributed by atoms with Gasteiger partial charge in [0.25, 0.3) is 0 Å². The van der Waals surface area contributed by atoms with Gasteiger partial charge in [-0.2, -0.15) is 0 Å². The Morgan fingerprint density at radius 1 is 1.04 bits per heavy atom. The van der Waals surface area contributed by atoms with E-state index in [0.717, 1.165) is 16.9 Å². The number of carbonyl (C=O) groups excluding carboxylic acids is 2. The Kier molecular flexibility index (Phi) is 7.21. The standard InChI is InChI=1S/C21H26N2O3/c1-4-22-21(25)16(2)23(15-18-10-12-19(26-3)13-11-18)20(24)14-17-8-6-5-7-9-17/h5-13,16H,4,14-15H2,1-3H3,(H,22,25)/t16-/m0/s1. The van der Waals surface area contributed by atoms with Crippen molar-refractivity contribution in [3.8, 4) is 5.75 Å². The lowest BCUT2D eigenvalue weighted by Crippen LogP contribution is -2.48. The summed E-state index contributed by atoms with van der Waals surface area (Å²) >= 11 is 0. The molecule has 0 fully saturated rings. The van der Waals surface area contributed by atoms with Crippen LogP contribution < -0.4 is 10.1 Å². The van der Waals surface area contributed by atoms with Gasteiger partial charge in [0.15, 0.2) is 0 Å². The SMILES string of the molecule is CCNC(=O)[C@H](C)N(Cc1ccc(OC)cc1)C(=O)Cc1ccccc1. The zero-order valence-corrected chi connectivity index (χ0v) is 15.6. The van der Waals surface area contributed by atoms with Crippen LogP contribution in [-0.2, 0) is 22.6 Å². The first kappa shape index (κ1) is 19.5. The van der Waals surface area contributed by atoms with Crippen molar-refractivity contribution in [1.82, 2.24) is 10.2 Å². The summed E-state index contributed by atoms with van der Waals surface area (Å²) in [5.41, 5.74) is 1.88. The quantitative estimate of drug-likeness (QED) is 0.793. The highest BCUT2D eigenvalue weighted by Crippen LogP contribution is 2.16. The fraction of sp³-hybridized carbons (Fsp3) is 0.333. The van der Waals surface area contributed by atoms with Crippen LogP contribution in [0.15, 0.2) is 54.6 Å². The van der Waals surface area contributed by atoms with Crippen LogP contribution in [0, 0.1) is 0 Å². The molecule has 0 radical (unpaired) electrons. The second-order valence-electron chi connectivity index (χ2n) is 6.10. The van der Waals surface area contributed by atoms with Gasteiger partial charge >= 0.3 is 0 Å². The van der Waals surface area contributed by atoms with Gasteiger partial charge in [-0.3, -0.25) is 9.59 Å². The zero-order valence-electron chi connectivity index (χ0n) is 15.6. The van der Waals surface area contributed by atoms with Crippen molar-refractivity contribution in [3.05, 3.63) is 65.7 Å². The Hall–Kier alpha value is -2.82. The predicted octanol–water partition coefficient (Wildman–Crippen LogP) is 2.79. The summed E-state index contributed by atoms with van der Waals surface area (Å²) in [4.78, 5) is 26.8. The van der Waals surface area contributed by atoms with Gasteiger partial charge in [0.2, 0.25) is 11.8 Å². The van der Waals surface area contributed by atoms with Crippen LogP contribution in [0.25, 0.3) is 0 Å². The third-order valence-corrected chi connectivity index (χ3v) is 4.23. The van der Waals surface area contributed by atoms with Gasteiger partial charge in [-0.05, 0) is 37.1 Å². The second kappa shape index (κ2) is 9.61. The van der Waals surface area contributed by atoms with Gasteiger partial charge in [-0.25, -0.2) is 0 Å². The average molecular weight is 354 g/mol. The van der Waals surface area contributed by atoms with E-state index in [4.69, 9.17) is 4.74 Å². The number of hydrogen-bond acceptors (Lipinski definition) is 3. The van der Waals surface area contributed by atoms with Gasteiger partial charge in [0.1, 0.15) is 11.8 Å². The largest absolute Gasteiger partial charge is 0.497 e. The number of hydrogen-bond donors (Lipinski definition) is 1. The van der Waals surface area contributed by atoms with E-state index in [1.807, 2.05) is 61.5 Å². The molecule has 0 saturated heterocycles. The molecule has 5 nitrogen and oxygen atoms in total. The summed E-state index contributed by atoms with van der Waals surface area (Å²) in [6.07, 6.45) is 0.265. The lowest BCUT2D eigenvalue weighted by Gasteiger charge is -2.29. The van der Waals surface area contributed by atoms with Crippen LogP contribution >= 0.6 is 0 Å². The summed E-state index contributed by atoms with van der Waals surface area (Å²) in [6.45, 7) is 4.53. The first-order valence-electron chi connectivity index (χ1n) is 8.79. The number of amides is 2. The topological polar surface area (TPSA) is 58.6 Å². The number of nitrogens with zero attached hydrogens (tertiary/aromatic N) is 1. The molecule has 2 aromatic carbocycles. The predicted molar refractivity (Wildman–Crippen MR) is 102 cm³/mol. The summed E-state index contributed by atoms with van der Waals surface area (Å²) < 4.78 is 5.17. The highest BCUT2D eigenvalue weighted by molar-refractivity contribution is 5.88. The second-order valence-corrected chi connectivity index (χ2v) is 6.10. The Balaban J connectivity index is 2.19. The van der Waals surface area contributed by atoms with Gasteiger partial charge in [0.05, 0.1) is 13.5 Å². The summed E-state index contributed by atoms with van der Waals surface area (Å²) in [5.74, 6) is 0.529. The van der Waals surface area contributed by atoms with Crippen molar-refractivity contribution >= 4 is 11.8 Å². The van der Waals surface area contributed by atoms with E-state index in [1.54, 1.807) is 18.9 Å². The van der Waals surface area contributed by atoms with Gasteiger partial charge in [0, 0.05) is 13.1 Å². The number of methoxy groups -OCH3 is 1. The molecule has 0 heterocycles. The van der Waals surface area contributed by atoms with Crippen molar-refractivity contribution in [2.45, 2.75) is 32.9 Å².